The van der Waals surface area contributed by atoms with Crippen molar-refractivity contribution in [2.45, 2.75) is 18.0 Å². The van der Waals surface area contributed by atoms with Crippen molar-refractivity contribution in [3.8, 4) is 0 Å². The van der Waals surface area contributed by atoms with Crippen molar-refractivity contribution in [2.24, 2.45) is 0 Å². The van der Waals surface area contributed by atoms with Gasteiger partial charge in [-0.25, -0.2) is 13.4 Å². The highest BCUT2D eigenvalue weighted by molar-refractivity contribution is 7.89. The summed E-state index contributed by atoms with van der Waals surface area (Å²) >= 11 is 5.80. The number of hydrogen-bond donors (Lipinski definition) is 0. The molecule has 3 rings (SSSR count). The average Bonchev–Trinajstić information content (AvgIpc) is 2.91. The number of nitrogens with zero attached hydrogens (tertiary/aromatic N) is 3. The number of benzene rings is 1. The van der Waals surface area contributed by atoms with E-state index in [2.05, 4.69) is 4.98 Å². The maximum absolute atomic E-state index is 12.7. The number of hydrogen-bond acceptors (Lipinski definition) is 5. The average molecular weight is 340 g/mol. The number of rotatable bonds is 3. The number of fused-ring (bicyclic) bond motifs is 1. The number of sulfonamides is 1. The van der Waals surface area contributed by atoms with Gasteiger partial charge in [-0.1, -0.05) is 29.8 Å². The van der Waals surface area contributed by atoms with E-state index in [1.807, 2.05) is 0 Å². The van der Waals surface area contributed by atoms with Crippen LogP contribution in [0.25, 0.3) is 0 Å². The van der Waals surface area contributed by atoms with Gasteiger partial charge in [-0.2, -0.15) is 4.31 Å². The minimum absolute atomic E-state index is 0.0459. The van der Waals surface area contributed by atoms with Gasteiger partial charge in [0, 0.05) is 12.6 Å². The second kappa shape index (κ2) is 5.31. The molecule has 114 valence electrons. The van der Waals surface area contributed by atoms with Gasteiger partial charge in [-0.05, 0) is 17.7 Å². The predicted molar refractivity (Wildman–Crippen MR) is 78.8 cm³/mol. The molecule has 0 unspecified atom stereocenters. The standard InChI is InChI=1S/C13H10ClN3O4S/c14-13-6-5-9-7-16(8-10(9)15-13)22(20,21)12-4-2-1-3-11(12)17(18)19/h1-6H,7-8H2. The van der Waals surface area contributed by atoms with Crippen LogP contribution in [0.15, 0.2) is 41.3 Å². The van der Waals surface area contributed by atoms with Gasteiger partial charge in [0.05, 0.1) is 17.2 Å². The molecule has 0 saturated carbocycles. The molecule has 0 atom stereocenters. The Labute approximate surface area is 131 Å². The van der Waals surface area contributed by atoms with Crippen molar-refractivity contribution in [3.63, 3.8) is 0 Å². The predicted octanol–water partition coefficient (Wildman–Crippen LogP) is 2.35. The van der Waals surface area contributed by atoms with E-state index in [1.54, 1.807) is 12.1 Å². The SMILES string of the molecule is O=[N+]([O-])c1ccccc1S(=O)(=O)N1Cc2ccc(Cl)nc2C1. The lowest BCUT2D eigenvalue weighted by molar-refractivity contribution is -0.387. The maximum Gasteiger partial charge on any atom is 0.289 e. The zero-order chi connectivity index (χ0) is 15.9. The summed E-state index contributed by atoms with van der Waals surface area (Å²) in [6.45, 7) is 0.165. The van der Waals surface area contributed by atoms with E-state index in [-0.39, 0.29) is 23.1 Å². The minimum Gasteiger partial charge on any atom is -0.258 e. The van der Waals surface area contributed by atoms with E-state index in [0.717, 1.165) is 9.87 Å². The summed E-state index contributed by atoms with van der Waals surface area (Å²) in [5, 5.41) is 11.3. The Morgan fingerprint density at radius 3 is 2.64 bits per heavy atom. The van der Waals surface area contributed by atoms with Gasteiger partial charge in [-0.3, -0.25) is 10.1 Å². The van der Waals surface area contributed by atoms with E-state index >= 15 is 0 Å². The van der Waals surface area contributed by atoms with E-state index in [0.29, 0.717) is 5.69 Å². The molecule has 0 N–H and O–H groups in total. The van der Waals surface area contributed by atoms with Crippen LogP contribution in [-0.2, 0) is 23.1 Å². The summed E-state index contributed by atoms with van der Waals surface area (Å²) in [7, 11) is -3.99. The van der Waals surface area contributed by atoms with E-state index in [4.69, 9.17) is 11.6 Å². The molecule has 1 aliphatic rings. The molecule has 0 amide bonds. The van der Waals surface area contributed by atoms with E-state index in [9.17, 15) is 18.5 Å². The Bertz CT molecular complexity index is 869. The lowest BCUT2D eigenvalue weighted by Gasteiger charge is -2.15. The van der Waals surface area contributed by atoms with Gasteiger partial charge in [0.1, 0.15) is 5.15 Å². The monoisotopic (exact) mass is 339 g/mol. The Kier molecular flexibility index (Phi) is 3.59. The molecule has 22 heavy (non-hydrogen) atoms. The number of halogens is 1. The minimum atomic E-state index is -3.99. The lowest BCUT2D eigenvalue weighted by Crippen LogP contribution is -2.26. The van der Waals surface area contributed by atoms with Gasteiger partial charge < -0.3 is 0 Å². The topological polar surface area (TPSA) is 93.4 Å². The first-order valence-corrected chi connectivity index (χ1v) is 8.09. The molecule has 2 heterocycles. The summed E-state index contributed by atoms with van der Waals surface area (Å²) in [4.78, 5) is 14.1. The maximum atomic E-state index is 12.7. The number of aromatic nitrogens is 1. The number of pyridine rings is 1. The summed E-state index contributed by atoms with van der Waals surface area (Å²) in [5.41, 5.74) is 0.866. The van der Waals surface area contributed by atoms with Gasteiger partial charge in [0.2, 0.25) is 0 Å². The summed E-state index contributed by atoms with van der Waals surface area (Å²) in [5.74, 6) is 0. The molecule has 7 nitrogen and oxygen atoms in total. The van der Waals surface area contributed by atoms with Crippen molar-refractivity contribution >= 4 is 27.3 Å². The van der Waals surface area contributed by atoms with Crippen LogP contribution in [0, 0.1) is 10.1 Å². The van der Waals surface area contributed by atoms with Crippen molar-refractivity contribution in [1.82, 2.24) is 9.29 Å². The largest absolute Gasteiger partial charge is 0.289 e. The molecule has 1 aromatic carbocycles. The van der Waals surface area contributed by atoms with E-state index in [1.165, 1.54) is 24.3 Å². The second-order valence-electron chi connectivity index (χ2n) is 4.74. The van der Waals surface area contributed by atoms with Gasteiger partial charge in [0.15, 0.2) is 4.90 Å². The van der Waals surface area contributed by atoms with Crippen LogP contribution in [0.1, 0.15) is 11.3 Å². The lowest BCUT2D eigenvalue weighted by atomic mass is 10.2. The molecule has 9 heteroatoms. The molecule has 0 radical (unpaired) electrons. The highest BCUT2D eigenvalue weighted by Crippen LogP contribution is 2.32. The first-order valence-electron chi connectivity index (χ1n) is 6.27. The van der Waals surface area contributed by atoms with Crippen LogP contribution >= 0.6 is 11.6 Å². The zero-order valence-electron chi connectivity index (χ0n) is 11.1. The normalized spacial score (nSPS) is 14.8. The smallest absolute Gasteiger partial charge is 0.258 e. The summed E-state index contributed by atoms with van der Waals surface area (Å²) in [6, 6.07) is 8.58. The molecule has 0 bridgehead atoms. The van der Waals surface area contributed by atoms with Crippen molar-refractivity contribution in [3.05, 3.63) is 62.9 Å². The third-order valence-corrected chi connectivity index (χ3v) is 5.44. The molecular formula is C13H10ClN3O4S. The third-order valence-electron chi connectivity index (χ3n) is 3.39. The van der Waals surface area contributed by atoms with Crippen LogP contribution < -0.4 is 0 Å². The molecule has 1 aromatic heterocycles. The van der Waals surface area contributed by atoms with Crippen LogP contribution in [0.5, 0.6) is 0 Å². The van der Waals surface area contributed by atoms with Gasteiger partial charge in [0.25, 0.3) is 15.7 Å². The van der Waals surface area contributed by atoms with Crippen LogP contribution in [-0.4, -0.2) is 22.6 Å². The third kappa shape index (κ3) is 2.45. The molecule has 0 fully saturated rings. The molecule has 0 saturated heterocycles. The molecule has 1 aliphatic heterocycles. The number of para-hydroxylation sites is 1. The van der Waals surface area contributed by atoms with Crippen LogP contribution in [0.3, 0.4) is 0 Å². The summed E-state index contributed by atoms with van der Waals surface area (Å²) < 4.78 is 26.5. The zero-order valence-corrected chi connectivity index (χ0v) is 12.7. The Morgan fingerprint density at radius 1 is 1.18 bits per heavy atom. The first-order chi connectivity index (χ1) is 10.4. The van der Waals surface area contributed by atoms with Crippen LogP contribution in [0.4, 0.5) is 5.69 Å². The highest BCUT2D eigenvalue weighted by atomic mass is 35.5. The fourth-order valence-electron chi connectivity index (χ4n) is 2.33. The quantitative estimate of drug-likeness (QED) is 0.486. The van der Waals surface area contributed by atoms with Gasteiger partial charge >= 0.3 is 0 Å². The van der Waals surface area contributed by atoms with Crippen molar-refractivity contribution < 1.29 is 13.3 Å². The van der Waals surface area contributed by atoms with Gasteiger partial charge in [-0.15, -0.1) is 0 Å². The highest BCUT2D eigenvalue weighted by Gasteiger charge is 2.35. The second-order valence-corrected chi connectivity index (χ2v) is 7.03. The fraction of sp³-hybridized carbons (Fsp3) is 0.154. The molecule has 2 aromatic rings. The summed E-state index contributed by atoms with van der Waals surface area (Å²) in [6.07, 6.45) is 0. The Morgan fingerprint density at radius 2 is 1.91 bits per heavy atom. The van der Waals surface area contributed by atoms with Crippen molar-refractivity contribution in [2.75, 3.05) is 0 Å². The fourth-order valence-corrected chi connectivity index (χ4v) is 4.03. The van der Waals surface area contributed by atoms with E-state index < -0.39 is 20.6 Å². The number of nitro groups is 1. The Balaban J connectivity index is 2.01. The molecule has 0 aliphatic carbocycles. The molecular weight excluding hydrogens is 330 g/mol. The number of nitro benzene ring substituents is 1. The molecule has 0 spiro atoms. The first kappa shape index (κ1) is 14.9. The van der Waals surface area contributed by atoms with Crippen molar-refractivity contribution in [1.29, 1.82) is 0 Å². The Hall–Kier alpha value is -2.03. The van der Waals surface area contributed by atoms with Crippen LogP contribution in [0.2, 0.25) is 5.15 Å².